The van der Waals surface area contributed by atoms with E-state index in [1.54, 1.807) is 55.3 Å². The SMILES string of the molecule is Cc1noc(C)c1S(=O)(=O)N(C)C[C@@H]1Oc2c(NC(=O)c3ccc(-c4nccs4)cc3)cccc2C(=O)N([C@@H](C)CO)C[C@@H]1C. The number of ether oxygens (including phenoxy) is 1. The van der Waals surface area contributed by atoms with Gasteiger partial charge in [0.1, 0.15) is 21.7 Å². The maximum atomic E-state index is 13.8. The monoisotopic (exact) mass is 653 g/mol. The number of nitrogens with zero attached hydrogens (tertiary/aromatic N) is 4. The summed E-state index contributed by atoms with van der Waals surface area (Å²) in [6.07, 6.45) is 0.965. The second-order valence-electron chi connectivity index (χ2n) is 11.1. The summed E-state index contributed by atoms with van der Waals surface area (Å²) in [7, 11) is -2.56. The van der Waals surface area contributed by atoms with Crippen LogP contribution in [-0.2, 0) is 10.0 Å². The van der Waals surface area contributed by atoms with Crippen molar-refractivity contribution in [1.82, 2.24) is 19.3 Å². The molecular weight excluding hydrogens is 619 g/mol. The van der Waals surface area contributed by atoms with Crippen LogP contribution in [0.15, 0.2) is 63.5 Å². The molecule has 238 valence electrons. The summed E-state index contributed by atoms with van der Waals surface area (Å²) in [5, 5.41) is 19.3. The van der Waals surface area contributed by atoms with E-state index in [0.29, 0.717) is 5.56 Å². The molecule has 2 amide bonds. The number of amides is 2. The Kier molecular flexibility index (Phi) is 9.39. The van der Waals surface area contributed by atoms with E-state index in [1.807, 2.05) is 24.4 Å². The minimum Gasteiger partial charge on any atom is -0.486 e. The zero-order valence-corrected chi connectivity index (χ0v) is 27.2. The highest BCUT2D eigenvalue weighted by Crippen LogP contribution is 2.36. The Morgan fingerprint density at radius 3 is 2.58 bits per heavy atom. The average Bonchev–Trinajstić information content (AvgIpc) is 3.68. The molecule has 0 saturated heterocycles. The van der Waals surface area contributed by atoms with Gasteiger partial charge in [-0.05, 0) is 45.0 Å². The molecule has 0 aliphatic carbocycles. The third-order valence-electron chi connectivity index (χ3n) is 7.84. The van der Waals surface area contributed by atoms with Gasteiger partial charge in [-0.1, -0.05) is 30.3 Å². The number of hydrogen-bond acceptors (Lipinski definition) is 10. The van der Waals surface area contributed by atoms with E-state index in [9.17, 15) is 23.1 Å². The summed E-state index contributed by atoms with van der Waals surface area (Å²) >= 11 is 1.49. The molecule has 0 saturated carbocycles. The summed E-state index contributed by atoms with van der Waals surface area (Å²) in [5.74, 6) is -0.881. The highest BCUT2D eigenvalue weighted by molar-refractivity contribution is 7.89. The van der Waals surface area contributed by atoms with E-state index in [2.05, 4.69) is 15.5 Å². The fraction of sp³-hybridized carbons (Fsp3) is 0.355. The number of anilines is 1. The minimum absolute atomic E-state index is 0.0107. The smallest absolute Gasteiger partial charge is 0.258 e. The number of aromatic nitrogens is 2. The number of benzene rings is 2. The van der Waals surface area contributed by atoms with E-state index >= 15 is 0 Å². The summed E-state index contributed by atoms with van der Waals surface area (Å²) in [5.41, 5.74) is 1.94. The lowest BCUT2D eigenvalue weighted by Gasteiger charge is -2.38. The molecule has 5 rings (SSSR count). The fourth-order valence-corrected chi connectivity index (χ4v) is 7.35. The second-order valence-corrected chi connectivity index (χ2v) is 14.0. The number of aliphatic hydroxyl groups excluding tert-OH is 1. The standard InChI is InChI=1S/C31H35N5O7S2/c1-18-15-36(19(2)17-37)31(39)24-7-6-8-25(33-29(38)22-9-11-23(12-10-22)30-32-13-14-44-30)27(24)42-26(18)16-35(5)45(40,41)28-20(3)34-43-21(28)4/h6-14,18-19,26,37H,15-17H2,1-5H3,(H,33,38)/t18-,19-,26-/m0/s1. The van der Waals surface area contributed by atoms with Crippen LogP contribution in [0.5, 0.6) is 5.75 Å². The molecule has 14 heteroatoms. The number of hydrogen-bond donors (Lipinski definition) is 2. The highest BCUT2D eigenvalue weighted by Gasteiger charge is 2.37. The molecule has 2 aromatic carbocycles. The first-order chi connectivity index (χ1) is 21.4. The summed E-state index contributed by atoms with van der Waals surface area (Å²) in [6, 6.07) is 11.3. The van der Waals surface area contributed by atoms with E-state index in [-0.39, 0.29) is 64.9 Å². The lowest BCUT2D eigenvalue weighted by Crippen LogP contribution is -2.50. The zero-order chi connectivity index (χ0) is 32.5. The number of nitrogens with one attached hydrogen (secondary N) is 1. The predicted octanol–water partition coefficient (Wildman–Crippen LogP) is 4.21. The van der Waals surface area contributed by atoms with Crippen LogP contribution < -0.4 is 10.1 Å². The maximum absolute atomic E-state index is 13.8. The highest BCUT2D eigenvalue weighted by atomic mass is 32.2. The van der Waals surface area contributed by atoms with Crippen LogP contribution in [0, 0.1) is 19.8 Å². The first-order valence-electron chi connectivity index (χ1n) is 14.3. The lowest BCUT2D eigenvalue weighted by atomic mass is 9.99. The van der Waals surface area contributed by atoms with Gasteiger partial charge in [-0.3, -0.25) is 9.59 Å². The van der Waals surface area contributed by atoms with Crippen LogP contribution in [0.1, 0.15) is 46.0 Å². The van der Waals surface area contributed by atoms with Crippen molar-refractivity contribution >= 4 is 38.9 Å². The van der Waals surface area contributed by atoms with Gasteiger partial charge in [0.25, 0.3) is 11.8 Å². The number of thiazole rings is 1. The average molecular weight is 654 g/mol. The van der Waals surface area contributed by atoms with Gasteiger partial charge in [-0.25, -0.2) is 13.4 Å². The molecule has 0 bridgehead atoms. The first-order valence-corrected chi connectivity index (χ1v) is 16.7. The number of aliphatic hydroxyl groups is 1. The number of para-hydroxylation sites is 1. The van der Waals surface area contributed by atoms with Crippen molar-refractivity contribution in [3.8, 4) is 16.3 Å². The van der Waals surface area contributed by atoms with Crippen molar-refractivity contribution < 1.29 is 32.4 Å². The van der Waals surface area contributed by atoms with Crippen molar-refractivity contribution in [3.63, 3.8) is 0 Å². The van der Waals surface area contributed by atoms with Gasteiger partial charge in [-0.2, -0.15) is 4.31 Å². The summed E-state index contributed by atoms with van der Waals surface area (Å²) in [6.45, 7) is 6.53. The number of rotatable bonds is 9. The van der Waals surface area contributed by atoms with Crippen molar-refractivity contribution in [2.75, 3.05) is 32.1 Å². The molecule has 0 unspecified atom stereocenters. The normalized spacial score (nSPS) is 17.8. The van der Waals surface area contributed by atoms with Crippen LogP contribution >= 0.6 is 11.3 Å². The van der Waals surface area contributed by atoms with Crippen molar-refractivity contribution in [1.29, 1.82) is 0 Å². The molecule has 2 N–H and O–H groups in total. The van der Waals surface area contributed by atoms with E-state index in [0.717, 1.165) is 10.6 Å². The Bertz CT molecular complexity index is 1770. The first kappa shape index (κ1) is 32.3. The Balaban J connectivity index is 1.49. The molecule has 4 aromatic rings. The van der Waals surface area contributed by atoms with Crippen LogP contribution in [0.3, 0.4) is 0 Å². The van der Waals surface area contributed by atoms with Crippen molar-refractivity contribution in [3.05, 3.63) is 76.6 Å². The molecule has 12 nitrogen and oxygen atoms in total. The molecule has 45 heavy (non-hydrogen) atoms. The summed E-state index contributed by atoms with van der Waals surface area (Å²) < 4.78 is 39.9. The molecule has 0 radical (unpaired) electrons. The molecule has 0 fully saturated rings. The van der Waals surface area contributed by atoms with Gasteiger partial charge in [0, 0.05) is 42.2 Å². The fourth-order valence-electron chi connectivity index (χ4n) is 5.23. The number of sulfonamides is 1. The van der Waals surface area contributed by atoms with Gasteiger partial charge >= 0.3 is 0 Å². The van der Waals surface area contributed by atoms with Crippen molar-refractivity contribution in [2.24, 2.45) is 5.92 Å². The van der Waals surface area contributed by atoms with Crippen LogP contribution in [0.2, 0.25) is 0 Å². The molecule has 3 atom stereocenters. The number of fused-ring (bicyclic) bond motifs is 1. The third-order valence-corrected chi connectivity index (χ3v) is 10.7. The van der Waals surface area contributed by atoms with Crippen molar-refractivity contribution in [2.45, 2.75) is 44.7 Å². The molecule has 3 heterocycles. The lowest BCUT2D eigenvalue weighted by molar-refractivity contribution is 0.0388. The Morgan fingerprint density at radius 2 is 1.96 bits per heavy atom. The number of likely N-dealkylation sites (N-methyl/N-ethyl adjacent to an activating group) is 1. The van der Waals surface area contributed by atoms with Gasteiger partial charge < -0.3 is 24.6 Å². The van der Waals surface area contributed by atoms with Crippen LogP contribution in [0.25, 0.3) is 10.6 Å². The number of carbonyl (C=O) groups excluding carboxylic acids is 2. The van der Waals surface area contributed by atoms with Crippen LogP contribution in [-0.4, -0.2) is 83.6 Å². The maximum Gasteiger partial charge on any atom is 0.258 e. The molecule has 1 aliphatic heterocycles. The summed E-state index contributed by atoms with van der Waals surface area (Å²) in [4.78, 5) is 33.0. The molecular formula is C31H35N5O7S2. The number of aryl methyl sites for hydroxylation is 2. The zero-order valence-electron chi connectivity index (χ0n) is 25.6. The van der Waals surface area contributed by atoms with E-state index < -0.39 is 28.1 Å². The topological polar surface area (TPSA) is 155 Å². The van der Waals surface area contributed by atoms with Gasteiger partial charge in [0.2, 0.25) is 10.0 Å². The Labute approximate surface area is 265 Å². The van der Waals surface area contributed by atoms with Gasteiger partial charge in [0.05, 0.1) is 30.4 Å². The van der Waals surface area contributed by atoms with E-state index in [4.69, 9.17) is 9.26 Å². The van der Waals surface area contributed by atoms with Crippen LogP contribution in [0.4, 0.5) is 5.69 Å². The molecule has 0 spiro atoms. The Morgan fingerprint density at radius 1 is 1.22 bits per heavy atom. The largest absolute Gasteiger partial charge is 0.486 e. The predicted molar refractivity (Wildman–Crippen MR) is 169 cm³/mol. The van der Waals surface area contributed by atoms with E-state index in [1.165, 1.54) is 29.6 Å². The minimum atomic E-state index is -4.01. The Hall–Kier alpha value is -4.11. The van der Waals surface area contributed by atoms with Gasteiger partial charge in [-0.15, -0.1) is 11.3 Å². The molecule has 2 aromatic heterocycles. The third kappa shape index (κ3) is 6.50. The molecule has 1 aliphatic rings. The quantitative estimate of drug-likeness (QED) is 0.270. The second kappa shape index (κ2) is 13.1. The number of carbonyl (C=O) groups is 2. The van der Waals surface area contributed by atoms with Gasteiger partial charge in [0.15, 0.2) is 11.5 Å².